The van der Waals surface area contributed by atoms with E-state index in [1.54, 1.807) is 0 Å². The molecule has 0 aromatic heterocycles. The fourth-order valence-electron chi connectivity index (χ4n) is 1.41. The van der Waals surface area contributed by atoms with Crippen molar-refractivity contribution in [3.8, 4) is 0 Å². The van der Waals surface area contributed by atoms with Gasteiger partial charge in [-0.3, -0.25) is 6.08 Å². The average molecular weight is 296 g/mol. The van der Waals surface area contributed by atoms with Crippen LogP contribution in [-0.2, 0) is 18.6 Å². The minimum absolute atomic E-state index is 0. The van der Waals surface area contributed by atoms with Gasteiger partial charge in [-0.05, 0) is 0 Å². The van der Waals surface area contributed by atoms with Gasteiger partial charge in [0.15, 0.2) is 0 Å². The maximum Gasteiger partial charge on any atom is 0 e. The van der Waals surface area contributed by atoms with Crippen LogP contribution in [0.4, 0.5) is 0 Å². The molecule has 0 aliphatic heterocycles. The van der Waals surface area contributed by atoms with Crippen LogP contribution in [0.25, 0.3) is 0 Å². The standard InChI is InChI=1S/C10H15.3ClH.V/c1-7-6-10(4,5)9(3)8(7)2;;;;/h1-5H3;3*1H;/q-1;;;;. The van der Waals surface area contributed by atoms with E-state index in [-0.39, 0.29) is 61.2 Å². The molecule has 0 atom stereocenters. The molecule has 0 N–H and O–H groups in total. The zero-order valence-electron chi connectivity index (χ0n) is 9.17. The van der Waals surface area contributed by atoms with Crippen molar-refractivity contribution in [2.45, 2.75) is 34.6 Å². The van der Waals surface area contributed by atoms with Gasteiger partial charge in [-0.1, -0.05) is 33.1 Å². The van der Waals surface area contributed by atoms with Gasteiger partial charge in [0.2, 0.25) is 0 Å². The summed E-state index contributed by atoms with van der Waals surface area (Å²) < 4.78 is 0. The van der Waals surface area contributed by atoms with Gasteiger partial charge in [0.25, 0.3) is 0 Å². The second-order valence-electron chi connectivity index (χ2n) is 3.62. The molecule has 0 aromatic rings. The Morgan fingerprint density at radius 1 is 0.929 bits per heavy atom. The molecule has 0 bridgehead atoms. The minimum atomic E-state index is 0. The molecule has 0 saturated heterocycles. The number of hydrogen-bond acceptors (Lipinski definition) is 0. The van der Waals surface area contributed by atoms with Crippen LogP contribution in [0.15, 0.2) is 16.7 Å². The SMILES string of the molecule is CC1=[C-]C(C)(C)C(C)=C1C.Cl.Cl.Cl.[V]. The summed E-state index contributed by atoms with van der Waals surface area (Å²) in [5.74, 6) is 0. The van der Waals surface area contributed by atoms with Gasteiger partial charge >= 0.3 is 0 Å². The van der Waals surface area contributed by atoms with Crippen molar-refractivity contribution in [2.75, 3.05) is 0 Å². The molecular weight excluding hydrogens is 277 g/mol. The fourth-order valence-corrected chi connectivity index (χ4v) is 1.41. The Kier molecular flexibility index (Phi) is 14.1. The first-order chi connectivity index (χ1) is 4.45. The van der Waals surface area contributed by atoms with Gasteiger partial charge in [0, 0.05) is 18.6 Å². The average Bonchev–Trinajstić information content (AvgIpc) is 1.95. The predicted molar refractivity (Wildman–Crippen MR) is 66.3 cm³/mol. The van der Waals surface area contributed by atoms with Gasteiger partial charge in [0.05, 0.1) is 0 Å². The van der Waals surface area contributed by atoms with E-state index in [4.69, 9.17) is 0 Å². The van der Waals surface area contributed by atoms with Crippen LogP contribution in [-0.4, -0.2) is 0 Å². The zero-order valence-corrected chi connectivity index (χ0v) is 13.0. The topological polar surface area (TPSA) is 0 Å². The molecule has 1 rings (SSSR count). The van der Waals surface area contributed by atoms with Crippen molar-refractivity contribution in [1.82, 2.24) is 0 Å². The van der Waals surface area contributed by atoms with Crippen molar-refractivity contribution in [3.63, 3.8) is 0 Å². The predicted octanol–water partition coefficient (Wildman–Crippen LogP) is 4.37. The van der Waals surface area contributed by atoms with Crippen LogP contribution in [0.1, 0.15) is 34.6 Å². The summed E-state index contributed by atoms with van der Waals surface area (Å²) in [7, 11) is 0. The summed E-state index contributed by atoms with van der Waals surface area (Å²) in [5, 5.41) is 0. The molecule has 85 valence electrons. The van der Waals surface area contributed by atoms with Crippen LogP contribution < -0.4 is 0 Å². The monoisotopic (exact) mass is 294 g/mol. The van der Waals surface area contributed by atoms with Crippen molar-refractivity contribution < 1.29 is 18.6 Å². The number of rotatable bonds is 0. The van der Waals surface area contributed by atoms with Gasteiger partial charge < -0.3 is 0 Å². The van der Waals surface area contributed by atoms with Crippen molar-refractivity contribution >= 4 is 37.2 Å². The first-order valence-electron chi connectivity index (χ1n) is 3.75. The Labute approximate surface area is 118 Å². The van der Waals surface area contributed by atoms with Gasteiger partial charge in [-0.25, -0.2) is 5.57 Å². The molecule has 0 saturated carbocycles. The first-order valence-corrected chi connectivity index (χ1v) is 3.75. The Bertz CT molecular complexity index is 230. The normalized spacial score (nSPS) is 16.8. The third-order valence-electron chi connectivity index (χ3n) is 2.56. The van der Waals surface area contributed by atoms with Crippen molar-refractivity contribution in [2.24, 2.45) is 5.41 Å². The fraction of sp³-hybridized carbons (Fsp3) is 0.600. The van der Waals surface area contributed by atoms with E-state index in [1.807, 2.05) is 0 Å². The van der Waals surface area contributed by atoms with Crippen LogP contribution in [0.2, 0.25) is 0 Å². The van der Waals surface area contributed by atoms with E-state index in [2.05, 4.69) is 40.7 Å². The summed E-state index contributed by atoms with van der Waals surface area (Å²) in [6, 6.07) is 0. The zero-order chi connectivity index (χ0) is 7.94. The van der Waals surface area contributed by atoms with E-state index < -0.39 is 0 Å². The van der Waals surface area contributed by atoms with Gasteiger partial charge in [-0.2, -0.15) is 11.1 Å². The second-order valence-corrected chi connectivity index (χ2v) is 3.62. The maximum atomic E-state index is 3.44. The number of hydrogen-bond donors (Lipinski definition) is 0. The second kappa shape index (κ2) is 8.13. The Morgan fingerprint density at radius 2 is 1.29 bits per heavy atom. The summed E-state index contributed by atoms with van der Waals surface area (Å²) in [5.41, 5.74) is 4.39. The van der Waals surface area contributed by atoms with E-state index >= 15 is 0 Å². The van der Waals surface area contributed by atoms with E-state index in [0.29, 0.717) is 0 Å². The van der Waals surface area contributed by atoms with Crippen LogP contribution in [0.5, 0.6) is 0 Å². The number of halogens is 3. The smallest absolute Gasteiger partial charge is 0 e. The van der Waals surface area contributed by atoms with E-state index in [0.717, 1.165) is 0 Å². The molecule has 0 unspecified atom stereocenters. The summed E-state index contributed by atoms with van der Waals surface area (Å²) in [6.45, 7) is 10.9. The molecule has 0 nitrogen and oxygen atoms in total. The molecule has 14 heavy (non-hydrogen) atoms. The molecule has 0 fully saturated rings. The van der Waals surface area contributed by atoms with E-state index in [9.17, 15) is 0 Å². The third-order valence-corrected chi connectivity index (χ3v) is 2.56. The Morgan fingerprint density at radius 3 is 1.36 bits per heavy atom. The summed E-state index contributed by atoms with van der Waals surface area (Å²) in [6.07, 6.45) is 3.44. The van der Waals surface area contributed by atoms with Gasteiger partial charge in [-0.15, -0.1) is 44.1 Å². The molecule has 4 heteroatoms. The molecule has 0 spiro atoms. The minimum Gasteiger partial charge on any atom is -0.263 e. The molecule has 1 aliphatic rings. The Balaban J connectivity index is -0.000000125. The molecule has 0 aromatic carbocycles. The molecule has 1 aliphatic carbocycles. The molecule has 1 radical (unpaired) electrons. The van der Waals surface area contributed by atoms with Crippen LogP contribution in [0, 0.1) is 11.5 Å². The maximum absolute atomic E-state index is 3.44. The van der Waals surface area contributed by atoms with Crippen molar-refractivity contribution in [3.05, 3.63) is 22.8 Å². The Hall–Kier alpha value is 0.934. The molecular formula is C10H18Cl3V-. The first kappa shape index (κ1) is 24.3. The van der Waals surface area contributed by atoms with Crippen LogP contribution in [0.3, 0.4) is 0 Å². The quantitative estimate of drug-likeness (QED) is 0.582. The van der Waals surface area contributed by atoms with Crippen molar-refractivity contribution in [1.29, 1.82) is 0 Å². The van der Waals surface area contributed by atoms with Gasteiger partial charge in [0.1, 0.15) is 0 Å². The summed E-state index contributed by atoms with van der Waals surface area (Å²) in [4.78, 5) is 0. The molecule has 0 heterocycles. The van der Waals surface area contributed by atoms with Crippen LogP contribution >= 0.6 is 37.2 Å². The molecule has 0 amide bonds. The third kappa shape index (κ3) is 4.64. The number of allylic oxidation sites excluding steroid dienone is 4. The van der Waals surface area contributed by atoms with E-state index in [1.165, 1.54) is 16.7 Å². The summed E-state index contributed by atoms with van der Waals surface area (Å²) >= 11 is 0. The largest absolute Gasteiger partial charge is 0.263 e.